The minimum atomic E-state index is -0.103. The molecule has 1 heterocycles. The second-order valence-electron chi connectivity index (χ2n) is 6.71. The molecule has 0 amide bonds. The molecule has 0 radical (unpaired) electrons. The Morgan fingerprint density at radius 1 is 1.25 bits per heavy atom. The molecule has 0 saturated carbocycles. The number of benzene rings is 1. The number of hydrogen-bond acceptors (Lipinski definition) is 5. The van der Waals surface area contributed by atoms with Crippen molar-refractivity contribution in [3.05, 3.63) is 23.8 Å². The monoisotopic (exact) mass is 391 g/mol. The summed E-state index contributed by atoms with van der Waals surface area (Å²) in [7, 11) is 3.27. The van der Waals surface area contributed by atoms with E-state index >= 15 is 0 Å². The number of aliphatic imine (C=N–C) groups is 1. The molecule has 0 spiro atoms. The number of nitrogens with zero attached hydrogens (tertiary/aromatic N) is 2. The summed E-state index contributed by atoms with van der Waals surface area (Å²) in [6.45, 7) is 7.32. The van der Waals surface area contributed by atoms with Crippen molar-refractivity contribution in [2.24, 2.45) is 10.9 Å². The Balaban J connectivity index is 2.00. The molecule has 0 aliphatic carbocycles. The number of guanidine groups is 1. The highest BCUT2D eigenvalue weighted by atomic mass is 16.5. The molecular formula is C21H33N3O4. The fraction of sp³-hybridized carbons (Fsp3) is 0.619. The maximum atomic E-state index is 12.1. The van der Waals surface area contributed by atoms with Crippen molar-refractivity contribution in [2.45, 2.75) is 33.1 Å². The standard InChI is InChI=1S/C21H33N3O4/c1-5-22-21(24-13-7-8-17(15-24)20(25)28-6-2)23-12-11-16-9-10-18(26-3)19(14-16)27-4/h9-10,14,17H,5-8,11-13,15H2,1-4H3,(H,22,23). The molecule has 7 heteroatoms. The van der Waals surface area contributed by atoms with Crippen LogP contribution in [0.4, 0.5) is 0 Å². The minimum absolute atomic E-state index is 0.0802. The van der Waals surface area contributed by atoms with Gasteiger partial charge in [-0.05, 0) is 50.8 Å². The van der Waals surface area contributed by atoms with Crippen molar-refractivity contribution in [3.8, 4) is 11.5 Å². The van der Waals surface area contributed by atoms with Crippen molar-refractivity contribution in [2.75, 3.05) is 47.0 Å². The average Bonchev–Trinajstić information content (AvgIpc) is 2.73. The van der Waals surface area contributed by atoms with E-state index < -0.39 is 0 Å². The first-order chi connectivity index (χ1) is 13.6. The zero-order chi connectivity index (χ0) is 20.4. The van der Waals surface area contributed by atoms with Crippen LogP contribution in [-0.2, 0) is 16.0 Å². The largest absolute Gasteiger partial charge is 0.493 e. The zero-order valence-corrected chi connectivity index (χ0v) is 17.5. The minimum Gasteiger partial charge on any atom is -0.493 e. The maximum absolute atomic E-state index is 12.1. The first-order valence-electron chi connectivity index (χ1n) is 10.0. The van der Waals surface area contributed by atoms with Gasteiger partial charge in [-0.1, -0.05) is 6.07 Å². The molecule has 1 N–H and O–H groups in total. The van der Waals surface area contributed by atoms with E-state index in [0.29, 0.717) is 19.7 Å². The lowest BCUT2D eigenvalue weighted by Gasteiger charge is -2.34. The fourth-order valence-corrected chi connectivity index (χ4v) is 3.37. The number of hydrogen-bond donors (Lipinski definition) is 1. The van der Waals surface area contributed by atoms with E-state index in [4.69, 9.17) is 19.2 Å². The zero-order valence-electron chi connectivity index (χ0n) is 17.5. The average molecular weight is 392 g/mol. The maximum Gasteiger partial charge on any atom is 0.310 e. The molecule has 156 valence electrons. The number of likely N-dealkylation sites (tertiary alicyclic amines) is 1. The van der Waals surface area contributed by atoms with Crippen LogP contribution in [0.25, 0.3) is 0 Å². The predicted octanol–water partition coefficient (Wildman–Crippen LogP) is 2.49. The van der Waals surface area contributed by atoms with Crippen molar-refractivity contribution in [1.82, 2.24) is 10.2 Å². The molecule has 2 rings (SSSR count). The van der Waals surface area contributed by atoms with Crippen molar-refractivity contribution >= 4 is 11.9 Å². The van der Waals surface area contributed by atoms with Crippen LogP contribution in [0, 0.1) is 5.92 Å². The fourth-order valence-electron chi connectivity index (χ4n) is 3.37. The smallest absolute Gasteiger partial charge is 0.310 e. The lowest BCUT2D eigenvalue weighted by Crippen LogP contribution is -2.48. The lowest BCUT2D eigenvalue weighted by atomic mass is 9.98. The van der Waals surface area contributed by atoms with Crippen LogP contribution in [0.5, 0.6) is 11.5 Å². The molecule has 1 aromatic carbocycles. The number of carbonyl (C=O) groups excluding carboxylic acids is 1. The Morgan fingerprint density at radius 3 is 2.71 bits per heavy atom. The first kappa shape index (κ1) is 21.9. The van der Waals surface area contributed by atoms with Gasteiger partial charge in [-0.3, -0.25) is 9.79 Å². The van der Waals surface area contributed by atoms with Gasteiger partial charge in [0.2, 0.25) is 0 Å². The molecule has 0 aromatic heterocycles. The van der Waals surface area contributed by atoms with E-state index in [0.717, 1.165) is 55.4 Å². The third-order valence-electron chi connectivity index (χ3n) is 4.79. The van der Waals surface area contributed by atoms with Crippen molar-refractivity contribution in [3.63, 3.8) is 0 Å². The van der Waals surface area contributed by atoms with Gasteiger partial charge in [0.25, 0.3) is 0 Å². The Labute approximate surface area is 168 Å². The van der Waals surface area contributed by atoms with Gasteiger partial charge < -0.3 is 24.4 Å². The summed E-state index contributed by atoms with van der Waals surface area (Å²) in [6.07, 6.45) is 2.63. The Bertz CT molecular complexity index is 663. The van der Waals surface area contributed by atoms with E-state index in [1.807, 2.05) is 25.1 Å². The molecule has 1 saturated heterocycles. The van der Waals surface area contributed by atoms with Crippen LogP contribution in [0.1, 0.15) is 32.3 Å². The van der Waals surface area contributed by atoms with E-state index in [2.05, 4.69) is 17.1 Å². The molecule has 7 nitrogen and oxygen atoms in total. The van der Waals surface area contributed by atoms with Gasteiger partial charge in [0.15, 0.2) is 17.5 Å². The van der Waals surface area contributed by atoms with Crippen LogP contribution in [-0.4, -0.2) is 63.8 Å². The summed E-state index contributed by atoms with van der Waals surface area (Å²) in [5.41, 5.74) is 1.14. The number of ether oxygens (including phenoxy) is 3. The third kappa shape index (κ3) is 6.04. The number of nitrogens with one attached hydrogen (secondary N) is 1. The molecular weight excluding hydrogens is 358 g/mol. The molecule has 1 unspecified atom stereocenters. The molecule has 1 aliphatic rings. The van der Waals surface area contributed by atoms with Gasteiger partial charge in [0.05, 0.1) is 26.7 Å². The predicted molar refractivity (Wildman–Crippen MR) is 110 cm³/mol. The van der Waals surface area contributed by atoms with E-state index in [1.54, 1.807) is 14.2 Å². The lowest BCUT2D eigenvalue weighted by molar-refractivity contribution is -0.149. The van der Waals surface area contributed by atoms with Gasteiger partial charge in [-0.2, -0.15) is 0 Å². The van der Waals surface area contributed by atoms with Gasteiger partial charge >= 0.3 is 5.97 Å². The summed E-state index contributed by atoms with van der Waals surface area (Å²) >= 11 is 0. The molecule has 1 aromatic rings. The van der Waals surface area contributed by atoms with Crippen LogP contribution in [0.15, 0.2) is 23.2 Å². The van der Waals surface area contributed by atoms with Gasteiger partial charge in [0.1, 0.15) is 0 Å². The topological polar surface area (TPSA) is 72.4 Å². The summed E-state index contributed by atoms with van der Waals surface area (Å²) in [5.74, 6) is 2.12. The normalized spacial score (nSPS) is 17.2. The highest BCUT2D eigenvalue weighted by Gasteiger charge is 2.28. The molecule has 0 bridgehead atoms. The van der Waals surface area contributed by atoms with Crippen molar-refractivity contribution in [1.29, 1.82) is 0 Å². The number of methoxy groups -OCH3 is 2. The van der Waals surface area contributed by atoms with Crippen LogP contribution < -0.4 is 14.8 Å². The Morgan fingerprint density at radius 2 is 2.04 bits per heavy atom. The summed E-state index contributed by atoms with van der Waals surface area (Å²) in [5, 5.41) is 3.35. The van der Waals surface area contributed by atoms with Gasteiger partial charge in [-0.15, -0.1) is 0 Å². The van der Waals surface area contributed by atoms with E-state index in [-0.39, 0.29) is 11.9 Å². The SMILES string of the molecule is CCNC(=NCCc1ccc(OC)c(OC)c1)N1CCCC(C(=O)OCC)C1. The van der Waals surface area contributed by atoms with E-state index in [1.165, 1.54) is 0 Å². The molecule has 1 fully saturated rings. The summed E-state index contributed by atoms with van der Waals surface area (Å²) in [4.78, 5) is 19.1. The van der Waals surface area contributed by atoms with Gasteiger partial charge in [-0.25, -0.2) is 0 Å². The molecule has 28 heavy (non-hydrogen) atoms. The Kier molecular flexibility index (Phi) is 8.91. The molecule has 1 atom stereocenters. The van der Waals surface area contributed by atoms with Crippen molar-refractivity contribution < 1.29 is 19.0 Å². The second kappa shape index (κ2) is 11.4. The number of esters is 1. The quantitative estimate of drug-likeness (QED) is 0.417. The van der Waals surface area contributed by atoms with Crippen LogP contribution in [0.2, 0.25) is 0 Å². The van der Waals surface area contributed by atoms with Crippen LogP contribution in [0.3, 0.4) is 0 Å². The highest BCUT2D eigenvalue weighted by Crippen LogP contribution is 2.27. The summed E-state index contributed by atoms with van der Waals surface area (Å²) < 4.78 is 15.9. The Hall–Kier alpha value is -2.44. The summed E-state index contributed by atoms with van der Waals surface area (Å²) in [6, 6.07) is 5.93. The second-order valence-corrected chi connectivity index (χ2v) is 6.71. The number of piperidine rings is 1. The number of rotatable bonds is 8. The highest BCUT2D eigenvalue weighted by molar-refractivity contribution is 5.81. The first-order valence-corrected chi connectivity index (χ1v) is 10.0. The van der Waals surface area contributed by atoms with Gasteiger partial charge in [0, 0.05) is 26.2 Å². The number of carbonyl (C=O) groups is 1. The van der Waals surface area contributed by atoms with Crippen LogP contribution >= 0.6 is 0 Å². The third-order valence-corrected chi connectivity index (χ3v) is 4.79. The molecule has 1 aliphatic heterocycles. The van der Waals surface area contributed by atoms with E-state index in [9.17, 15) is 4.79 Å².